The second-order valence-electron chi connectivity index (χ2n) is 4.54. The van der Waals surface area contributed by atoms with Gasteiger partial charge in [0.25, 0.3) is 11.4 Å². The Balaban J connectivity index is 0.00000312. The van der Waals surface area contributed by atoms with Gasteiger partial charge in [0.2, 0.25) is 0 Å². The number of anilines is 2. The molecule has 10 nitrogen and oxygen atoms in total. The van der Waals surface area contributed by atoms with Gasteiger partial charge in [-0.1, -0.05) is 0 Å². The summed E-state index contributed by atoms with van der Waals surface area (Å²) in [5.41, 5.74) is -1.06. The van der Waals surface area contributed by atoms with E-state index in [1.165, 1.54) is 25.3 Å². The molecular formula is C14H10N3NaO7. The summed E-state index contributed by atoms with van der Waals surface area (Å²) in [4.78, 5) is 31.3. The Kier molecular flexibility index (Phi) is 6.86. The van der Waals surface area contributed by atoms with Crippen LogP contribution in [0.1, 0.15) is 10.4 Å². The number of methoxy groups -OCH3 is 1. The SMILES string of the molecule is COc1ccc(C(=O)[O-])cc1Nc1ccc([N+](=O)[O-])cc1[N+](=O)[O-].[Na+]. The van der Waals surface area contributed by atoms with Crippen LogP contribution in [0, 0.1) is 20.2 Å². The standard InChI is InChI=1S/C14H11N3O7.Na/c1-24-13-5-2-8(14(18)19)6-11(13)15-10-4-3-9(16(20)21)7-12(10)17(22)23;/h2-7,15H,1H3,(H,18,19);/q;+1/p-1. The van der Waals surface area contributed by atoms with Gasteiger partial charge in [-0.05, 0) is 29.8 Å². The monoisotopic (exact) mass is 355 g/mol. The molecular weight excluding hydrogens is 345 g/mol. The Morgan fingerprint density at radius 3 is 2.24 bits per heavy atom. The first-order valence-electron chi connectivity index (χ1n) is 6.42. The van der Waals surface area contributed by atoms with E-state index in [1.54, 1.807) is 0 Å². The van der Waals surface area contributed by atoms with Crippen LogP contribution in [0.15, 0.2) is 36.4 Å². The zero-order chi connectivity index (χ0) is 17.9. The molecule has 124 valence electrons. The molecule has 2 aromatic rings. The van der Waals surface area contributed by atoms with Crippen LogP contribution >= 0.6 is 0 Å². The molecule has 0 radical (unpaired) electrons. The number of aromatic carboxylic acids is 1. The van der Waals surface area contributed by atoms with Crippen molar-refractivity contribution in [3.63, 3.8) is 0 Å². The molecule has 1 N–H and O–H groups in total. The summed E-state index contributed by atoms with van der Waals surface area (Å²) in [6, 6.07) is 6.83. The molecule has 0 aliphatic rings. The number of carboxylic acid groups (broad SMARTS) is 1. The van der Waals surface area contributed by atoms with Crippen LogP contribution in [0.5, 0.6) is 5.75 Å². The molecule has 0 saturated carbocycles. The van der Waals surface area contributed by atoms with Crippen LogP contribution in [0.25, 0.3) is 0 Å². The van der Waals surface area contributed by atoms with Gasteiger partial charge in [-0.25, -0.2) is 0 Å². The molecule has 11 heteroatoms. The first-order valence-corrected chi connectivity index (χ1v) is 6.42. The van der Waals surface area contributed by atoms with Crippen molar-refractivity contribution in [2.45, 2.75) is 0 Å². The third-order valence-electron chi connectivity index (χ3n) is 3.09. The topological polar surface area (TPSA) is 148 Å². The third kappa shape index (κ3) is 4.66. The van der Waals surface area contributed by atoms with E-state index in [1.807, 2.05) is 0 Å². The van der Waals surface area contributed by atoms with Gasteiger partial charge in [-0.15, -0.1) is 0 Å². The van der Waals surface area contributed by atoms with Crippen molar-refractivity contribution in [2.75, 3.05) is 12.4 Å². The van der Waals surface area contributed by atoms with Crippen molar-refractivity contribution in [1.29, 1.82) is 0 Å². The van der Waals surface area contributed by atoms with Crippen molar-refractivity contribution in [2.24, 2.45) is 0 Å². The van der Waals surface area contributed by atoms with Crippen molar-refractivity contribution >= 4 is 28.7 Å². The van der Waals surface area contributed by atoms with Crippen LogP contribution in [-0.2, 0) is 0 Å². The van der Waals surface area contributed by atoms with Gasteiger partial charge >= 0.3 is 29.6 Å². The summed E-state index contributed by atoms with van der Waals surface area (Å²) in [7, 11) is 1.34. The third-order valence-corrected chi connectivity index (χ3v) is 3.09. The summed E-state index contributed by atoms with van der Waals surface area (Å²) < 4.78 is 5.06. The largest absolute Gasteiger partial charge is 1.00 e. The van der Waals surface area contributed by atoms with E-state index in [9.17, 15) is 30.1 Å². The molecule has 0 saturated heterocycles. The number of benzene rings is 2. The predicted molar refractivity (Wildman–Crippen MR) is 80.4 cm³/mol. The first kappa shape index (κ1) is 20.4. The van der Waals surface area contributed by atoms with Crippen molar-refractivity contribution in [3.05, 3.63) is 62.2 Å². The number of nitrogens with one attached hydrogen (secondary N) is 1. The number of carbonyl (C=O) groups is 1. The smallest absolute Gasteiger partial charge is 0.545 e. The van der Waals surface area contributed by atoms with Crippen molar-refractivity contribution in [1.82, 2.24) is 0 Å². The summed E-state index contributed by atoms with van der Waals surface area (Å²) in [6.07, 6.45) is 0. The molecule has 0 atom stereocenters. The Labute approximate surface area is 163 Å². The molecule has 0 unspecified atom stereocenters. The van der Waals surface area contributed by atoms with Crippen molar-refractivity contribution < 1.29 is 54.0 Å². The van der Waals surface area contributed by atoms with Gasteiger partial charge in [0.15, 0.2) is 0 Å². The van der Waals surface area contributed by atoms with Gasteiger partial charge in [0, 0.05) is 6.07 Å². The summed E-state index contributed by atoms with van der Waals surface area (Å²) in [5.74, 6) is -1.20. The van der Waals surface area contributed by atoms with Gasteiger partial charge in [-0.3, -0.25) is 20.2 Å². The number of ether oxygens (including phenoxy) is 1. The summed E-state index contributed by atoms with van der Waals surface area (Å²) >= 11 is 0. The van der Waals surface area contributed by atoms with Crippen molar-refractivity contribution in [3.8, 4) is 5.75 Å². The van der Waals surface area contributed by atoms with Gasteiger partial charge < -0.3 is 20.0 Å². The summed E-state index contributed by atoms with van der Waals surface area (Å²) in [6.45, 7) is 0. The molecule has 2 aromatic carbocycles. The zero-order valence-electron chi connectivity index (χ0n) is 13.2. The van der Waals surface area contributed by atoms with E-state index in [0.717, 1.165) is 18.2 Å². The molecule has 0 amide bonds. The van der Waals surface area contributed by atoms with Gasteiger partial charge in [0.1, 0.15) is 11.4 Å². The Bertz CT molecular complexity index is 841. The average molecular weight is 355 g/mol. The number of hydrogen-bond acceptors (Lipinski definition) is 8. The minimum atomic E-state index is -1.43. The fourth-order valence-corrected chi connectivity index (χ4v) is 1.97. The van der Waals surface area contributed by atoms with E-state index < -0.39 is 27.2 Å². The Hall–Kier alpha value is -2.69. The number of hydrogen-bond donors (Lipinski definition) is 1. The molecule has 0 aliphatic carbocycles. The Morgan fingerprint density at radius 1 is 1.04 bits per heavy atom. The number of nitro groups is 2. The van der Waals surface area contributed by atoms with E-state index >= 15 is 0 Å². The van der Waals surface area contributed by atoms with E-state index in [0.29, 0.717) is 0 Å². The Morgan fingerprint density at radius 2 is 1.72 bits per heavy atom. The van der Waals surface area contributed by atoms with Crippen LogP contribution < -0.4 is 44.7 Å². The fraction of sp³-hybridized carbons (Fsp3) is 0.0714. The van der Waals surface area contributed by atoms with Crippen LogP contribution in [0.4, 0.5) is 22.7 Å². The number of nitro benzene ring substituents is 2. The average Bonchev–Trinajstić information content (AvgIpc) is 2.54. The molecule has 0 heterocycles. The second-order valence-corrected chi connectivity index (χ2v) is 4.54. The molecule has 0 spiro atoms. The fourth-order valence-electron chi connectivity index (χ4n) is 1.97. The molecule has 2 rings (SSSR count). The molecule has 0 fully saturated rings. The van der Waals surface area contributed by atoms with Gasteiger partial charge in [0.05, 0.1) is 34.7 Å². The first-order chi connectivity index (χ1) is 11.3. The predicted octanol–water partition coefficient (Wildman–Crippen LogP) is -1.38. The quantitative estimate of drug-likeness (QED) is 0.379. The number of nitrogens with zero attached hydrogens (tertiary/aromatic N) is 2. The number of rotatable bonds is 6. The molecule has 0 bridgehead atoms. The second kappa shape index (κ2) is 8.42. The number of carboxylic acids is 1. The summed E-state index contributed by atoms with van der Waals surface area (Å²) in [5, 5.41) is 35.5. The van der Waals surface area contributed by atoms with Crippen LogP contribution in [0.3, 0.4) is 0 Å². The minimum Gasteiger partial charge on any atom is -0.545 e. The zero-order valence-corrected chi connectivity index (χ0v) is 15.2. The molecule has 25 heavy (non-hydrogen) atoms. The van der Waals surface area contributed by atoms with Crippen LogP contribution in [-0.4, -0.2) is 22.9 Å². The number of non-ortho nitro benzene ring substituents is 1. The maximum Gasteiger partial charge on any atom is 1.00 e. The normalized spacial score (nSPS) is 9.64. The van der Waals surface area contributed by atoms with E-state index in [4.69, 9.17) is 4.74 Å². The maximum atomic E-state index is 11.1. The molecule has 0 aromatic heterocycles. The van der Waals surface area contributed by atoms with E-state index in [2.05, 4.69) is 5.32 Å². The maximum absolute atomic E-state index is 11.1. The molecule has 0 aliphatic heterocycles. The van der Waals surface area contributed by atoms with Crippen LogP contribution in [0.2, 0.25) is 0 Å². The van der Waals surface area contributed by atoms with E-state index in [-0.39, 0.29) is 52.2 Å². The van der Waals surface area contributed by atoms with Gasteiger partial charge in [-0.2, -0.15) is 0 Å². The number of carbonyl (C=O) groups excluding carboxylic acids is 1. The minimum absolute atomic E-state index is 0.